The van der Waals surface area contributed by atoms with Gasteiger partial charge in [0, 0.05) is 51.2 Å². The molecule has 0 saturated heterocycles. The van der Waals surface area contributed by atoms with Crippen molar-refractivity contribution in [3.05, 3.63) is 53.1 Å². The van der Waals surface area contributed by atoms with Crippen molar-refractivity contribution in [2.75, 3.05) is 52.9 Å². The number of likely N-dealkylation sites (N-methyl/N-ethyl adjacent to an activating group) is 1. The Labute approximate surface area is 216 Å². The van der Waals surface area contributed by atoms with Crippen LogP contribution in [0, 0.1) is 0 Å². The summed E-state index contributed by atoms with van der Waals surface area (Å²) in [6, 6.07) is 6.44. The topological polar surface area (TPSA) is 71.1 Å². The molecule has 2 aliphatic heterocycles. The van der Waals surface area contributed by atoms with E-state index in [0.29, 0.717) is 6.54 Å². The van der Waals surface area contributed by atoms with Crippen LogP contribution in [-0.2, 0) is 19.6 Å². The van der Waals surface area contributed by atoms with Crippen LogP contribution in [0.25, 0.3) is 0 Å². The molecule has 0 bridgehead atoms. The normalized spacial score (nSPS) is 15.5. The summed E-state index contributed by atoms with van der Waals surface area (Å²) < 4.78 is 0. The predicted molar refractivity (Wildman–Crippen MR) is 145 cm³/mol. The maximum atomic E-state index is 13.2. The van der Waals surface area contributed by atoms with Gasteiger partial charge >= 0.3 is 0 Å². The number of hydrogen-bond donors (Lipinski definition) is 1. The number of H-pyrrole nitrogens is 1. The summed E-state index contributed by atoms with van der Waals surface area (Å²) in [5.41, 5.74) is 3.19. The molecule has 1 N–H and O–H groups in total. The van der Waals surface area contributed by atoms with Crippen LogP contribution in [0.1, 0.15) is 66.8 Å². The first kappa shape index (κ1) is 26.4. The number of aliphatic imine (C=N–C) groups is 1. The Hall–Kier alpha value is -2.71. The standard InChI is InChI=1S/C28H43N7O/c1-4-13-33(14-5-2)15-6-7-16-35-20-24-9-8-23(18-25(24)28(35)36)19-34(21-26-29-10-11-30-26)22-27-31-12-17-32(27)3/h8-11,18H,4-7,12-17,19-22H2,1-3H3,(H,29,30). The fourth-order valence-electron chi connectivity index (χ4n) is 5.26. The summed E-state index contributed by atoms with van der Waals surface area (Å²) in [6.07, 6.45) is 8.26. The number of nitrogens with one attached hydrogen (secondary N) is 1. The van der Waals surface area contributed by atoms with Crippen LogP contribution in [0.4, 0.5) is 0 Å². The molecule has 196 valence electrons. The van der Waals surface area contributed by atoms with Gasteiger partial charge < -0.3 is 19.7 Å². The number of unbranched alkanes of at least 4 members (excludes halogenated alkanes) is 1. The lowest BCUT2D eigenvalue weighted by atomic mass is 10.1. The average molecular weight is 494 g/mol. The molecule has 0 fully saturated rings. The molecule has 3 heterocycles. The highest BCUT2D eigenvalue weighted by Crippen LogP contribution is 2.25. The SMILES string of the molecule is CCCN(CCC)CCCCN1Cc2ccc(CN(CC3=NCCN3C)Cc3ncc[nH]3)cc2C1=O. The molecule has 1 aromatic heterocycles. The average Bonchev–Trinajstić information content (AvgIpc) is 3.59. The number of aromatic nitrogens is 2. The Morgan fingerprint density at radius 2 is 1.86 bits per heavy atom. The monoisotopic (exact) mass is 493 g/mol. The Kier molecular flexibility index (Phi) is 9.53. The predicted octanol–water partition coefficient (Wildman–Crippen LogP) is 3.61. The van der Waals surface area contributed by atoms with Crippen molar-refractivity contribution >= 4 is 11.7 Å². The molecule has 0 unspecified atom stereocenters. The zero-order chi connectivity index (χ0) is 25.3. The lowest BCUT2D eigenvalue weighted by Gasteiger charge is -2.24. The van der Waals surface area contributed by atoms with E-state index in [1.165, 1.54) is 25.9 Å². The number of benzene rings is 1. The van der Waals surface area contributed by atoms with Crippen LogP contribution in [0.5, 0.6) is 0 Å². The molecule has 1 aromatic carbocycles. The van der Waals surface area contributed by atoms with Crippen LogP contribution < -0.4 is 0 Å². The van der Waals surface area contributed by atoms with E-state index in [1.54, 1.807) is 6.20 Å². The summed E-state index contributed by atoms with van der Waals surface area (Å²) in [5, 5.41) is 0. The van der Waals surface area contributed by atoms with E-state index >= 15 is 0 Å². The molecule has 0 atom stereocenters. The minimum Gasteiger partial charge on any atom is -0.360 e. The van der Waals surface area contributed by atoms with Crippen molar-refractivity contribution in [2.24, 2.45) is 4.99 Å². The molecule has 4 rings (SSSR count). The molecule has 8 nitrogen and oxygen atoms in total. The van der Waals surface area contributed by atoms with Gasteiger partial charge in [-0.25, -0.2) is 4.98 Å². The minimum absolute atomic E-state index is 0.184. The van der Waals surface area contributed by atoms with E-state index < -0.39 is 0 Å². The second kappa shape index (κ2) is 13.0. The third kappa shape index (κ3) is 6.95. The molecule has 1 amide bonds. The third-order valence-electron chi connectivity index (χ3n) is 7.15. The molecule has 0 saturated carbocycles. The molecule has 8 heteroatoms. The van der Waals surface area contributed by atoms with E-state index in [0.717, 1.165) is 87.0 Å². The van der Waals surface area contributed by atoms with Crippen LogP contribution in [0.2, 0.25) is 0 Å². The number of rotatable bonds is 15. The molecule has 36 heavy (non-hydrogen) atoms. The highest BCUT2D eigenvalue weighted by Gasteiger charge is 2.27. The Morgan fingerprint density at radius 1 is 1.03 bits per heavy atom. The molecule has 0 aliphatic carbocycles. The summed E-state index contributed by atoms with van der Waals surface area (Å²) in [5.74, 6) is 2.24. The highest BCUT2D eigenvalue weighted by atomic mass is 16.2. The fraction of sp³-hybridized carbons (Fsp3) is 0.607. The number of imidazole rings is 1. The van der Waals surface area contributed by atoms with Crippen molar-refractivity contribution in [3.63, 3.8) is 0 Å². The summed E-state index contributed by atoms with van der Waals surface area (Å²) in [4.78, 5) is 34.7. The second-order valence-corrected chi connectivity index (χ2v) is 10.2. The minimum atomic E-state index is 0.184. The van der Waals surface area contributed by atoms with Crippen molar-refractivity contribution in [3.8, 4) is 0 Å². The number of amides is 1. The van der Waals surface area contributed by atoms with Gasteiger partial charge in [0.2, 0.25) is 0 Å². The molecule has 0 spiro atoms. The number of hydrogen-bond acceptors (Lipinski definition) is 6. The van der Waals surface area contributed by atoms with E-state index in [-0.39, 0.29) is 5.91 Å². The molecular weight excluding hydrogens is 450 g/mol. The number of fused-ring (bicyclic) bond motifs is 1. The highest BCUT2D eigenvalue weighted by molar-refractivity contribution is 5.98. The lowest BCUT2D eigenvalue weighted by Crippen LogP contribution is -2.36. The van der Waals surface area contributed by atoms with Crippen LogP contribution in [-0.4, -0.2) is 94.2 Å². The zero-order valence-electron chi connectivity index (χ0n) is 22.4. The van der Waals surface area contributed by atoms with Gasteiger partial charge in [0.25, 0.3) is 5.91 Å². The van der Waals surface area contributed by atoms with Gasteiger partial charge in [-0.1, -0.05) is 26.0 Å². The number of amidine groups is 1. The first-order chi connectivity index (χ1) is 17.6. The van der Waals surface area contributed by atoms with E-state index in [1.807, 2.05) is 11.1 Å². The lowest BCUT2D eigenvalue weighted by molar-refractivity contribution is 0.0774. The number of carbonyl (C=O) groups is 1. The van der Waals surface area contributed by atoms with Gasteiger partial charge in [-0.3, -0.25) is 14.7 Å². The van der Waals surface area contributed by atoms with Crippen molar-refractivity contribution in [2.45, 2.75) is 59.2 Å². The summed E-state index contributed by atoms with van der Waals surface area (Å²) in [7, 11) is 2.10. The Bertz CT molecular complexity index is 997. The van der Waals surface area contributed by atoms with Gasteiger partial charge in [-0.05, 0) is 62.5 Å². The molecule has 2 aliphatic rings. The van der Waals surface area contributed by atoms with Gasteiger partial charge in [-0.15, -0.1) is 0 Å². The maximum Gasteiger partial charge on any atom is 0.254 e. The van der Waals surface area contributed by atoms with Crippen molar-refractivity contribution in [1.82, 2.24) is 29.6 Å². The van der Waals surface area contributed by atoms with Gasteiger partial charge in [-0.2, -0.15) is 0 Å². The largest absolute Gasteiger partial charge is 0.360 e. The quantitative estimate of drug-likeness (QED) is 0.384. The maximum absolute atomic E-state index is 13.2. The van der Waals surface area contributed by atoms with E-state index in [2.05, 4.69) is 68.8 Å². The molecular formula is C28H43N7O. The first-order valence-electron chi connectivity index (χ1n) is 13.7. The molecule has 0 radical (unpaired) electrons. The smallest absolute Gasteiger partial charge is 0.254 e. The van der Waals surface area contributed by atoms with Crippen LogP contribution in [0.3, 0.4) is 0 Å². The van der Waals surface area contributed by atoms with E-state index in [9.17, 15) is 4.79 Å². The fourth-order valence-corrected chi connectivity index (χ4v) is 5.26. The number of carbonyl (C=O) groups excluding carboxylic acids is 1. The molecule has 2 aromatic rings. The van der Waals surface area contributed by atoms with Crippen molar-refractivity contribution < 1.29 is 4.79 Å². The first-order valence-corrected chi connectivity index (χ1v) is 13.7. The third-order valence-corrected chi connectivity index (χ3v) is 7.15. The Balaban J connectivity index is 1.34. The Morgan fingerprint density at radius 3 is 2.56 bits per heavy atom. The van der Waals surface area contributed by atoms with Crippen LogP contribution >= 0.6 is 0 Å². The van der Waals surface area contributed by atoms with Crippen molar-refractivity contribution in [1.29, 1.82) is 0 Å². The number of aromatic amines is 1. The van der Waals surface area contributed by atoms with Gasteiger partial charge in [0.15, 0.2) is 0 Å². The van der Waals surface area contributed by atoms with E-state index in [4.69, 9.17) is 0 Å². The van der Waals surface area contributed by atoms with Gasteiger partial charge in [0.05, 0.1) is 19.6 Å². The summed E-state index contributed by atoms with van der Waals surface area (Å²) >= 11 is 0. The van der Waals surface area contributed by atoms with Crippen LogP contribution in [0.15, 0.2) is 35.6 Å². The zero-order valence-corrected chi connectivity index (χ0v) is 22.4. The number of nitrogens with zero attached hydrogens (tertiary/aromatic N) is 6. The van der Waals surface area contributed by atoms with Gasteiger partial charge in [0.1, 0.15) is 11.7 Å². The second-order valence-electron chi connectivity index (χ2n) is 10.2. The summed E-state index contributed by atoms with van der Waals surface area (Å²) in [6.45, 7) is 13.6.